The van der Waals surface area contributed by atoms with Gasteiger partial charge in [-0.05, 0) is 185 Å². The molecule has 0 N–H and O–H groups in total. The van der Waals surface area contributed by atoms with E-state index >= 15 is 0 Å². The Kier molecular flexibility index (Phi) is 14.2. The lowest BCUT2D eigenvalue weighted by atomic mass is 10.0. The SMILES string of the molecule is Cc1cc2oc3ncccc3c2cc1-c1cccc[n+]1C.Cc1cc2oc3ncccc3c2cc1-c1cccc[n+]1C.Cc1ccc2c(n1)oc1cc(C)c(-c3cccc[n+]3C)cc12.Cc1ccc2c(n1)oc1cc(C)c(-c3cccc[n+]3C)cc12. The van der Waals surface area contributed by atoms with Crippen molar-refractivity contribution >= 4 is 88.3 Å². The van der Waals surface area contributed by atoms with Crippen LogP contribution in [0.15, 0.2) is 225 Å². The van der Waals surface area contributed by atoms with Crippen molar-refractivity contribution in [3.8, 4) is 45.0 Å². The molecule has 0 saturated heterocycles. The number of pyridine rings is 8. The molecule has 12 nitrogen and oxygen atoms in total. The summed E-state index contributed by atoms with van der Waals surface area (Å²) in [5.74, 6) is 0. The average molecular weight is 1130 g/mol. The van der Waals surface area contributed by atoms with E-state index in [9.17, 15) is 0 Å². The highest BCUT2D eigenvalue weighted by Crippen LogP contribution is 2.37. The molecule has 86 heavy (non-hydrogen) atoms. The molecule has 12 heteroatoms. The Morgan fingerprint density at radius 1 is 0.279 bits per heavy atom. The number of aromatic nitrogens is 8. The fraction of sp³-hybridized carbons (Fsp3) is 0.135. The largest absolute Gasteiger partial charge is 0.438 e. The molecule has 12 aromatic heterocycles. The van der Waals surface area contributed by atoms with Crippen LogP contribution < -0.4 is 18.3 Å². The Hall–Kier alpha value is -10.7. The minimum Gasteiger partial charge on any atom is -0.438 e. The van der Waals surface area contributed by atoms with Gasteiger partial charge in [0, 0.05) is 138 Å². The summed E-state index contributed by atoms with van der Waals surface area (Å²) in [5.41, 5.74) is 22.8. The van der Waals surface area contributed by atoms with E-state index in [2.05, 4.69) is 240 Å². The second-order valence-electron chi connectivity index (χ2n) is 22.2. The molecule has 0 amide bonds. The number of fused-ring (bicyclic) bond motifs is 12. The number of aryl methyl sites for hydroxylation is 10. The van der Waals surface area contributed by atoms with Crippen molar-refractivity contribution in [2.24, 2.45) is 28.2 Å². The lowest BCUT2D eigenvalue weighted by Crippen LogP contribution is -2.30. The minimum absolute atomic E-state index is 0.696. The zero-order chi connectivity index (χ0) is 59.3. The number of nitrogens with zero attached hydrogens (tertiary/aromatic N) is 8. The van der Waals surface area contributed by atoms with Gasteiger partial charge >= 0.3 is 0 Å². The standard InChI is InChI=1S/2C19H17N2O.2C18H15N2O/c2*1-12-10-18-16(14-8-7-13(2)20-19(14)22-18)11-15(12)17-6-4-5-9-21(17)3;2*1-12-10-17-15(13-6-5-8-19-18(13)21-17)11-14(12)16-7-3-4-9-20(16)2/h2*4-11H,1-3H3;2*3-11H,1-2H3/q4*+1. The molecule has 0 unspecified atom stereocenters. The average Bonchev–Trinajstić information content (AvgIpc) is 1.99. The third-order valence-electron chi connectivity index (χ3n) is 16.2. The summed E-state index contributed by atoms with van der Waals surface area (Å²) < 4.78 is 32.1. The predicted octanol–water partition coefficient (Wildman–Crippen LogP) is 15.7. The quantitative estimate of drug-likeness (QED) is 0.160. The van der Waals surface area contributed by atoms with Crippen molar-refractivity contribution in [2.75, 3.05) is 0 Å². The Labute approximate surface area is 497 Å². The molecule has 0 aliphatic rings. The van der Waals surface area contributed by atoms with Crippen LogP contribution in [0, 0.1) is 41.5 Å². The highest BCUT2D eigenvalue weighted by atomic mass is 16.4. The summed E-state index contributed by atoms with van der Waals surface area (Å²) in [6, 6.07) is 58.4. The fourth-order valence-corrected chi connectivity index (χ4v) is 11.6. The third kappa shape index (κ3) is 10.2. The lowest BCUT2D eigenvalue weighted by molar-refractivity contribution is -0.660. The van der Waals surface area contributed by atoms with Crippen LogP contribution >= 0.6 is 0 Å². The number of hydrogen-bond acceptors (Lipinski definition) is 8. The monoisotopic (exact) mass is 1130 g/mol. The first kappa shape index (κ1) is 54.5. The molecule has 0 fully saturated rings. The van der Waals surface area contributed by atoms with E-state index in [1.54, 1.807) is 12.4 Å². The van der Waals surface area contributed by atoms with E-state index in [4.69, 9.17) is 17.7 Å². The first-order valence-electron chi connectivity index (χ1n) is 28.7. The van der Waals surface area contributed by atoms with Crippen LogP contribution in [0.1, 0.15) is 33.6 Å². The molecule has 0 bridgehead atoms. The van der Waals surface area contributed by atoms with Crippen LogP contribution in [0.3, 0.4) is 0 Å². The van der Waals surface area contributed by atoms with E-state index in [0.29, 0.717) is 22.9 Å². The van der Waals surface area contributed by atoms with E-state index in [0.717, 1.165) is 76.8 Å². The van der Waals surface area contributed by atoms with Crippen LogP contribution in [0.25, 0.3) is 133 Å². The molecule has 4 aromatic carbocycles. The van der Waals surface area contributed by atoms with Gasteiger partial charge in [0.15, 0.2) is 24.8 Å². The minimum atomic E-state index is 0.696. The number of hydrogen-bond donors (Lipinski definition) is 0. The van der Waals surface area contributed by atoms with E-state index in [1.165, 1.54) is 67.3 Å². The van der Waals surface area contributed by atoms with Crippen molar-refractivity contribution in [2.45, 2.75) is 41.5 Å². The van der Waals surface area contributed by atoms with Gasteiger partial charge in [0.25, 0.3) is 0 Å². The molecule has 0 aliphatic carbocycles. The third-order valence-corrected chi connectivity index (χ3v) is 16.2. The summed E-state index contributed by atoms with van der Waals surface area (Å²) in [5, 5.41) is 8.73. The van der Waals surface area contributed by atoms with Crippen molar-refractivity contribution in [3.63, 3.8) is 0 Å². The fourth-order valence-electron chi connectivity index (χ4n) is 11.6. The molecule has 0 spiro atoms. The van der Waals surface area contributed by atoms with Gasteiger partial charge in [-0.2, -0.15) is 0 Å². The van der Waals surface area contributed by atoms with E-state index in [1.807, 2.05) is 62.4 Å². The summed E-state index contributed by atoms with van der Waals surface area (Å²) in [6.45, 7) is 12.4. The van der Waals surface area contributed by atoms with E-state index in [-0.39, 0.29) is 0 Å². The molecule has 420 valence electrons. The zero-order valence-electron chi connectivity index (χ0n) is 49.8. The van der Waals surface area contributed by atoms with Crippen molar-refractivity contribution in [1.82, 2.24) is 19.9 Å². The Morgan fingerprint density at radius 3 is 0.849 bits per heavy atom. The maximum Gasteiger partial charge on any atom is 0.227 e. The van der Waals surface area contributed by atoms with Crippen LogP contribution in [0.5, 0.6) is 0 Å². The summed E-state index contributed by atoms with van der Waals surface area (Å²) in [4.78, 5) is 17.6. The first-order chi connectivity index (χ1) is 41.7. The van der Waals surface area contributed by atoms with Gasteiger partial charge in [0.2, 0.25) is 45.6 Å². The molecule has 16 aromatic rings. The normalized spacial score (nSPS) is 11.4. The molecular weight excluding hydrogens is 1060 g/mol. The smallest absolute Gasteiger partial charge is 0.227 e. The Balaban J connectivity index is 0.000000106. The van der Waals surface area contributed by atoms with Crippen LogP contribution in [0.2, 0.25) is 0 Å². The molecule has 12 heterocycles. The van der Waals surface area contributed by atoms with Gasteiger partial charge in [0.1, 0.15) is 50.5 Å². The van der Waals surface area contributed by atoms with Gasteiger partial charge in [-0.1, -0.05) is 0 Å². The van der Waals surface area contributed by atoms with Crippen molar-refractivity contribution < 1.29 is 35.9 Å². The zero-order valence-corrected chi connectivity index (χ0v) is 49.8. The molecule has 16 rings (SSSR count). The summed E-state index contributed by atoms with van der Waals surface area (Å²) in [6.07, 6.45) is 11.8. The number of furan rings is 4. The first-order valence-corrected chi connectivity index (χ1v) is 28.7. The van der Waals surface area contributed by atoms with Crippen molar-refractivity contribution in [1.29, 1.82) is 0 Å². The van der Waals surface area contributed by atoms with Gasteiger partial charge < -0.3 is 17.7 Å². The molecule has 0 aliphatic heterocycles. The molecular formula is C74H64N8O4+4. The number of rotatable bonds is 4. The van der Waals surface area contributed by atoms with Gasteiger partial charge in [-0.3, -0.25) is 0 Å². The van der Waals surface area contributed by atoms with Gasteiger partial charge in [0.05, 0.1) is 0 Å². The topological polar surface area (TPSA) is 120 Å². The van der Waals surface area contributed by atoms with Gasteiger partial charge in [-0.25, -0.2) is 38.2 Å². The Morgan fingerprint density at radius 2 is 0.558 bits per heavy atom. The second-order valence-corrected chi connectivity index (χ2v) is 22.2. The highest BCUT2D eigenvalue weighted by Gasteiger charge is 2.21. The highest BCUT2D eigenvalue weighted by molar-refractivity contribution is 6.08. The van der Waals surface area contributed by atoms with E-state index < -0.39 is 0 Å². The Bertz CT molecular complexity index is 4950. The number of benzene rings is 4. The van der Waals surface area contributed by atoms with Crippen molar-refractivity contribution in [3.05, 3.63) is 241 Å². The maximum absolute atomic E-state index is 5.92. The predicted molar refractivity (Wildman–Crippen MR) is 341 cm³/mol. The maximum atomic E-state index is 5.92. The molecule has 0 atom stereocenters. The molecule has 0 saturated carbocycles. The second kappa shape index (κ2) is 22.5. The summed E-state index contributed by atoms with van der Waals surface area (Å²) >= 11 is 0. The van der Waals surface area contributed by atoms with Crippen LogP contribution in [0.4, 0.5) is 0 Å². The molecule has 0 radical (unpaired) electrons. The van der Waals surface area contributed by atoms with Crippen LogP contribution in [-0.4, -0.2) is 19.9 Å². The van der Waals surface area contributed by atoms with Crippen LogP contribution in [-0.2, 0) is 28.2 Å². The summed E-state index contributed by atoms with van der Waals surface area (Å²) in [7, 11) is 8.26. The lowest BCUT2D eigenvalue weighted by Gasteiger charge is -2.04. The van der Waals surface area contributed by atoms with Gasteiger partial charge in [-0.15, -0.1) is 0 Å².